The van der Waals surface area contributed by atoms with Gasteiger partial charge in [-0.15, -0.1) is 0 Å². The third kappa shape index (κ3) is 2.78. The molecule has 0 radical (unpaired) electrons. The van der Waals surface area contributed by atoms with E-state index in [-0.39, 0.29) is 22.4 Å². The normalized spacial score (nSPS) is 20.1. The van der Waals surface area contributed by atoms with Crippen LogP contribution in [0.25, 0.3) is 0 Å². The van der Waals surface area contributed by atoms with Crippen molar-refractivity contribution in [2.45, 2.75) is 18.2 Å². The second-order valence-corrected chi connectivity index (χ2v) is 6.15. The van der Waals surface area contributed by atoms with Gasteiger partial charge in [0.25, 0.3) is 10.1 Å². The number of carbonyl (C=O) groups is 1. The van der Waals surface area contributed by atoms with Crippen molar-refractivity contribution in [2.24, 2.45) is 11.7 Å². The first-order valence-corrected chi connectivity index (χ1v) is 7.35. The van der Waals surface area contributed by atoms with E-state index in [1.165, 1.54) is 17.0 Å². The maximum absolute atomic E-state index is 11.9. The molecular formula is C12H16N2O4S. The van der Waals surface area contributed by atoms with E-state index >= 15 is 0 Å². The summed E-state index contributed by atoms with van der Waals surface area (Å²) in [5.41, 5.74) is 6.45. The fraction of sp³-hybridized carbons (Fsp3) is 0.417. The van der Waals surface area contributed by atoms with Crippen molar-refractivity contribution in [1.82, 2.24) is 0 Å². The van der Waals surface area contributed by atoms with Gasteiger partial charge in [0.2, 0.25) is 5.91 Å². The molecule has 1 aromatic rings. The van der Waals surface area contributed by atoms with Crippen LogP contribution >= 0.6 is 0 Å². The summed E-state index contributed by atoms with van der Waals surface area (Å²) >= 11 is 0. The van der Waals surface area contributed by atoms with Gasteiger partial charge in [-0.1, -0.05) is 6.07 Å². The lowest BCUT2D eigenvalue weighted by atomic mass is 10.1. The van der Waals surface area contributed by atoms with Crippen molar-refractivity contribution < 1.29 is 17.8 Å². The number of anilines is 1. The Hall–Kier alpha value is -1.44. The standard InChI is InChI=1S/C12H16N2O4S/c1-8-2-3-10(11(4-8)19(16,17)18)14-7-9(6-13)5-12(14)15/h2-4,9H,5-7,13H2,1H3,(H,16,17,18). The molecule has 1 saturated heterocycles. The zero-order chi connectivity index (χ0) is 14.2. The highest BCUT2D eigenvalue weighted by molar-refractivity contribution is 7.86. The summed E-state index contributed by atoms with van der Waals surface area (Å²) < 4.78 is 32.1. The highest BCUT2D eigenvalue weighted by atomic mass is 32.2. The lowest BCUT2D eigenvalue weighted by Crippen LogP contribution is -2.27. The van der Waals surface area contributed by atoms with Crippen LogP contribution < -0.4 is 10.6 Å². The highest BCUT2D eigenvalue weighted by Gasteiger charge is 2.32. The average Bonchev–Trinajstić information content (AvgIpc) is 2.69. The lowest BCUT2D eigenvalue weighted by molar-refractivity contribution is -0.117. The molecule has 0 aliphatic carbocycles. The van der Waals surface area contributed by atoms with Gasteiger partial charge in [-0.2, -0.15) is 8.42 Å². The topological polar surface area (TPSA) is 101 Å². The summed E-state index contributed by atoms with van der Waals surface area (Å²) in [4.78, 5) is 13.0. The molecule has 19 heavy (non-hydrogen) atoms. The number of amides is 1. The van der Waals surface area contributed by atoms with E-state index in [1.807, 2.05) is 0 Å². The van der Waals surface area contributed by atoms with Gasteiger partial charge in [-0.3, -0.25) is 9.35 Å². The Bertz CT molecular complexity index is 612. The van der Waals surface area contributed by atoms with Crippen LogP contribution in [0.5, 0.6) is 0 Å². The number of nitrogens with zero attached hydrogens (tertiary/aromatic N) is 1. The van der Waals surface area contributed by atoms with Crippen LogP contribution in [0.15, 0.2) is 23.1 Å². The molecule has 1 fully saturated rings. The summed E-state index contributed by atoms with van der Waals surface area (Å²) in [7, 11) is -4.37. The van der Waals surface area contributed by atoms with Gasteiger partial charge in [0.05, 0.1) is 5.69 Å². The van der Waals surface area contributed by atoms with Gasteiger partial charge in [0.15, 0.2) is 0 Å². The van der Waals surface area contributed by atoms with Crippen molar-refractivity contribution >= 4 is 21.7 Å². The minimum absolute atomic E-state index is 0.0167. The van der Waals surface area contributed by atoms with E-state index in [2.05, 4.69) is 0 Å². The quantitative estimate of drug-likeness (QED) is 0.790. The van der Waals surface area contributed by atoms with Crippen LogP contribution in [-0.4, -0.2) is 32.0 Å². The van der Waals surface area contributed by atoms with Gasteiger partial charge in [0, 0.05) is 13.0 Å². The Balaban J connectivity index is 2.49. The second-order valence-electron chi connectivity index (χ2n) is 4.76. The first-order valence-electron chi connectivity index (χ1n) is 5.91. The fourth-order valence-electron chi connectivity index (χ4n) is 2.22. The van der Waals surface area contributed by atoms with Gasteiger partial charge >= 0.3 is 0 Å². The maximum atomic E-state index is 11.9. The average molecular weight is 284 g/mol. The number of hydrogen-bond acceptors (Lipinski definition) is 4. The van der Waals surface area contributed by atoms with E-state index in [1.54, 1.807) is 13.0 Å². The SMILES string of the molecule is Cc1ccc(N2CC(CN)CC2=O)c(S(=O)(=O)O)c1. The van der Waals surface area contributed by atoms with Crippen LogP contribution in [0.1, 0.15) is 12.0 Å². The second kappa shape index (κ2) is 4.92. The molecule has 0 aromatic heterocycles. The number of aryl methyl sites for hydroxylation is 1. The van der Waals surface area contributed by atoms with Crippen molar-refractivity contribution in [3.05, 3.63) is 23.8 Å². The minimum Gasteiger partial charge on any atom is -0.330 e. The smallest absolute Gasteiger partial charge is 0.296 e. The first-order chi connectivity index (χ1) is 8.82. The molecule has 1 unspecified atom stereocenters. The molecule has 1 aliphatic heterocycles. The van der Waals surface area contributed by atoms with E-state index in [0.29, 0.717) is 25.1 Å². The zero-order valence-electron chi connectivity index (χ0n) is 10.5. The third-order valence-corrected chi connectivity index (χ3v) is 4.11. The van der Waals surface area contributed by atoms with E-state index in [4.69, 9.17) is 5.73 Å². The summed E-state index contributed by atoms with van der Waals surface area (Å²) in [6.45, 7) is 2.46. The molecule has 1 heterocycles. The van der Waals surface area contributed by atoms with Crippen molar-refractivity contribution in [1.29, 1.82) is 0 Å². The van der Waals surface area contributed by atoms with Gasteiger partial charge < -0.3 is 10.6 Å². The third-order valence-electron chi connectivity index (χ3n) is 3.22. The molecule has 0 bridgehead atoms. The van der Waals surface area contributed by atoms with E-state index in [0.717, 1.165) is 0 Å². The molecule has 1 aromatic carbocycles. The summed E-state index contributed by atoms with van der Waals surface area (Å²) in [5.74, 6) is -0.160. The molecule has 104 valence electrons. The molecule has 1 amide bonds. The largest absolute Gasteiger partial charge is 0.330 e. The van der Waals surface area contributed by atoms with Crippen molar-refractivity contribution in [2.75, 3.05) is 18.0 Å². The number of carbonyl (C=O) groups excluding carboxylic acids is 1. The number of rotatable bonds is 3. The number of hydrogen-bond donors (Lipinski definition) is 2. The Morgan fingerprint density at radius 3 is 2.68 bits per heavy atom. The van der Waals surface area contributed by atoms with Crippen LogP contribution in [0.3, 0.4) is 0 Å². The van der Waals surface area contributed by atoms with Crippen LogP contribution in [-0.2, 0) is 14.9 Å². The summed E-state index contributed by atoms with van der Waals surface area (Å²) in [6, 6.07) is 4.59. The van der Waals surface area contributed by atoms with Crippen LogP contribution in [0.2, 0.25) is 0 Å². The van der Waals surface area contributed by atoms with Crippen molar-refractivity contribution in [3.8, 4) is 0 Å². The molecule has 1 aliphatic rings. The van der Waals surface area contributed by atoms with Gasteiger partial charge in [0.1, 0.15) is 4.90 Å². The highest BCUT2D eigenvalue weighted by Crippen LogP contribution is 2.31. The van der Waals surface area contributed by atoms with Gasteiger partial charge in [-0.25, -0.2) is 0 Å². The van der Waals surface area contributed by atoms with Gasteiger partial charge in [-0.05, 0) is 37.1 Å². The Labute approximate surface area is 112 Å². The fourth-order valence-corrected chi connectivity index (χ4v) is 3.00. The monoisotopic (exact) mass is 284 g/mol. The molecule has 1 atom stereocenters. The molecule has 7 heteroatoms. The molecular weight excluding hydrogens is 268 g/mol. The predicted octanol–water partition coefficient (Wildman–Crippen LogP) is 0.553. The number of benzene rings is 1. The Kier molecular flexibility index (Phi) is 3.62. The van der Waals surface area contributed by atoms with Crippen molar-refractivity contribution in [3.63, 3.8) is 0 Å². The Morgan fingerprint density at radius 1 is 1.47 bits per heavy atom. The summed E-state index contributed by atoms with van der Waals surface area (Å²) in [5, 5.41) is 0. The molecule has 2 rings (SSSR count). The maximum Gasteiger partial charge on any atom is 0.296 e. The van der Waals surface area contributed by atoms with E-state index < -0.39 is 10.1 Å². The summed E-state index contributed by atoms with van der Waals surface area (Å²) in [6.07, 6.45) is 0.301. The molecule has 0 saturated carbocycles. The Morgan fingerprint density at radius 2 is 2.16 bits per heavy atom. The number of nitrogens with two attached hydrogens (primary N) is 1. The minimum atomic E-state index is -4.37. The molecule has 0 spiro atoms. The van der Waals surface area contributed by atoms with Crippen LogP contribution in [0, 0.1) is 12.8 Å². The predicted molar refractivity (Wildman–Crippen MR) is 70.5 cm³/mol. The molecule has 3 N–H and O–H groups in total. The molecule has 6 nitrogen and oxygen atoms in total. The van der Waals surface area contributed by atoms with E-state index in [9.17, 15) is 17.8 Å². The lowest BCUT2D eigenvalue weighted by Gasteiger charge is -2.19. The van der Waals surface area contributed by atoms with Crippen LogP contribution in [0.4, 0.5) is 5.69 Å². The zero-order valence-corrected chi connectivity index (χ0v) is 11.4. The first kappa shape index (κ1) is 14.0.